The SMILES string of the molecule is C(=C\c1sc2ccccc2c1-c1ccccc1)/Cc1ccccc1. The highest BCUT2D eigenvalue weighted by molar-refractivity contribution is 7.20. The van der Waals surface area contributed by atoms with E-state index in [9.17, 15) is 0 Å². The molecule has 24 heavy (non-hydrogen) atoms. The van der Waals surface area contributed by atoms with Gasteiger partial charge in [-0.15, -0.1) is 11.3 Å². The van der Waals surface area contributed by atoms with E-state index in [1.54, 1.807) is 0 Å². The summed E-state index contributed by atoms with van der Waals surface area (Å²) in [5.41, 5.74) is 3.98. The summed E-state index contributed by atoms with van der Waals surface area (Å²) in [4.78, 5) is 1.33. The molecule has 0 aliphatic rings. The maximum absolute atomic E-state index is 2.28. The van der Waals surface area contributed by atoms with Crippen molar-refractivity contribution in [2.75, 3.05) is 0 Å². The van der Waals surface area contributed by atoms with Crippen LogP contribution in [0.2, 0.25) is 0 Å². The molecule has 0 unspecified atom stereocenters. The van der Waals surface area contributed by atoms with E-state index in [1.165, 1.54) is 31.7 Å². The Kier molecular flexibility index (Phi) is 4.26. The normalized spacial score (nSPS) is 11.3. The Balaban J connectivity index is 1.75. The molecule has 0 nitrogen and oxygen atoms in total. The average Bonchev–Trinajstić information content (AvgIpc) is 3.01. The molecule has 3 aromatic carbocycles. The molecule has 0 aliphatic carbocycles. The Hall–Kier alpha value is -2.64. The predicted octanol–water partition coefficient (Wildman–Crippen LogP) is 6.82. The maximum Gasteiger partial charge on any atom is 0.0358 e. The van der Waals surface area contributed by atoms with E-state index in [4.69, 9.17) is 0 Å². The summed E-state index contributed by atoms with van der Waals surface area (Å²) in [6, 6.07) is 30.0. The molecule has 1 heterocycles. The van der Waals surface area contributed by atoms with Gasteiger partial charge in [-0.25, -0.2) is 0 Å². The first-order chi connectivity index (χ1) is 11.9. The van der Waals surface area contributed by atoms with E-state index in [0.29, 0.717) is 0 Å². The third kappa shape index (κ3) is 3.04. The van der Waals surface area contributed by atoms with Crippen LogP contribution in [-0.2, 0) is 6.42 Å². The van der Waals surface area contributed by atoms with E-state index in [2.05, 4.69) is 97.1 Å². The first-order valence-corrected chi connectivity index (χ1v) is 9.01. The van der Waals surface area contributed by atoms with Crippen molar-refractivity contribution in [1.29, 1.82) is 0 Å². The van der Waals surface area contributed by atoms with Gasteiger partial charge in [0.25, 0.3) is 0 Å². The van der Waals surface area contributed by atoms with Crippen LogP contribution in [0.3, 0.4) is 0 Å². The van der Waals surface area contributed by atoms with Crippen molar-refractivity contribution in [3.05, 3.63) is 101 Å². The van der Waals surface area contributed by atoms with Gasteiger partial charge >= 0.3 is 0 Å². The summed E-state index contributed by atoms with van der Waals surface area (Å²) in [6.07, 6.45) is 5.51. The number of benzene rings is 3. The van der Waals surface area contributed by atoms with Crippen molar-refractivity contribution >= 4 is 27.5 Å². The molecule has 0 fully saturated rings. The molecule has 0 radical (unpaired) electrons. The van der Waals surface area contributed by atoms with Gasteiger partial charge in [-0.2, -0.15) is 0 Å². The average molecular weight is 326 g/mol. The summed E-state index contributed by atoms with van der Waals surface area (Å²) < 4.78 is 1.34. The fourth-order valence-corrected chi connectivity index (χ4v) is 4.16. The highest BCUT2D eigenvalue weighted by Gasteiger charge is 2.11. The lowest BCUT2D eigenvalue weighted by atomic mass is 10.0. The predicted molar refractivity (Wildman–Crippen MR) is 106 cm³/mol. The van der Waals surface area contributed by atoms with Gasteiger partial charge in [-0.3, -0.25) is 0 Å². The van der Waals surface area contributed by atoms with Crippen molar-refractivity contribution in [2.24, 2.45) is 0 Å². The van der Waals surface area contributed by atoms with Gasteiger partial charge in [-0.1, -0.05) is 84.9 Å². The lowest BCUT2D eigenvalue weighted by molar-refractivity contribution is 1.28. The first kappa shape index (κ1) is 14.9. The second-order valence-electron chi connectivity index (χ2n) is 5.80. The van der Waals surface area contributed by atoms with E-state index >= 15 is 0 Å². The number of allylic oxidation sites excluding steroid dienone is 1. The van der Waals surface area contributed by atoms with Gasteiger partial charge in [0.2, 0.25) is 0 Å². The fraction of sp³-hybridized carbons (Fsp3) is 0.0435. The second-order valence-corrected chi connectivity index (χ2v) is 6.88. The molecular weight excluding hydrogens is 308 g/mol. The molecule has 1 aromatic heterocycles. The zero-order valence-electron chi connectivity index (χ0n) is 13.4. The fourth-order valence-electron chi connectivity index (χ4n) is 3.00. The Labute approximate surface area is 146 Å². The third-order valence-corrected chi connectivity index (χ3v) is 5.29. The molecule has 1 heteroatoms. The molecule has 4 aromatic rings. The number of thiophene rings is 1. The van der Waals surface area contributed by atoms with Crippen molar-refractivity contribution in [3.63, 3.8) is 0 Å². The molecule has 0 atom stereocenters. The summed E-state index contributed by atoms with van der Waals surface area (Å²) in [5.74, 6) is 0. The molecule has 0 N–H and O–H groups in total. The molecule has 0 aliphatic heterocycles. The Bertz CT molecular complexity index is 963. The van der Waals surface area contributed by atoms with Gasteiger partial charge in [0.1, 0.15) is 0 Å². The number of hydrogen-bond donors (Lipinski definition) is 0. The molecule has 0 saturated heterocycles. The first-order valence-electron chi connectivity index (χ1n) is 8.19. The van der Waals surface area contributed by atoms with Crippen molar-refractivity contribution in [3.8, 4) is 11.1 Å². The van der Waals surface area contributed by atoms with Crippen molar-refractivity contribution in [1.82, 2.24) is 0 Å². The molecule has 0 bridgehead atoms. The van der Waals surface area contributed by atoms with Crippen LogP contribution in [0.4, 0.5) is 0 Å². The van der Waals surface area contributed by atoms with E-state index < -0.39 is 0 Å². The quantitative estimate of drug-likeness (QED) is 0.386. The number of hydrogen-bond acceptors (Lipinski definition) is 1. The molecule has 0 amide bonds. The van der Waals surface area contributed by atoms with Gasteiger partial charge in [0.15, 0.2) is 0 Å². The van der Waals surface area contributed by atoms with Crippen LogP contribution in [0.25, 0.3) is 27.3 Å². The van der Waals surface area contributed by atoms with Crippen LogP contribution in [-0.4, -0.2) is 0 Å². The van der Waals surface area contributed by atoms with Gasteiger partial charge < -0.3 is 0 Å². The summed E-state index contributed by atoms with van der Waals surface area (Å²) in [6.45, 7) is 0. The highest BCUT2D eigenvalue weighted by atomic mass is 32.1. The van der Waals surface area contributed by atoms with Gasteiger partial charge in [-0.05, 0) is 29.7 Å². The summed E-state index contributed by atoms with van der Waals surface area (Å²) in [7, 11) is 0. The van der Waals surface area contributed by atoms with Crippen LogP contribution in [0.5, 0.6) is 0 Å². The molecule has 116 valence electrons. The van der Waals surface area contributed by atoms with Crippen LogP contribution in [0, 0.1) is 0 Å². The minimum atomic E-state index is 0.962. The van der Waals surface area contributed by atoms with Crippen LogP contribution in [0.1, 0.15) is 10.4 Å². The number of rotatable bonds is 4. The maximum atomic E-state index is 2.28. The zero-order chi connectivity index (χ0) is 16.2. The van der Waals surface area contributed by atoms with E-state index in [-0.39, 0.29) is 0 Å². The largest absolute Gasteiger partial charge is 0.135 e. The molecule has 4 rings (SSSR count). The standard InChI is InChI=1S/C23H18S/c1-3-10-18(11-4-1)12-9-17-22-23(19-13-5-2-6-14-19)20-15-7-8-16-21(20)24-22/h1-11,13-17H,12H2/b17-9+. The van der Waals surface area contributed by atoms with Gasteiger partial charge in [0.05, 0.1) is 0 Å². The number of fused-ring (bicyclic) bond motifs is 1. The lowest BCUT2D eigenvalue weighted by Crippen LogP contribution is -1.80. The smallest absolute Gasteiger partial charge is 0.0358 e. The third-order valence-electron chi connectivity index (χ3n) is 4.15. The summed E-state index contributed by atoms with van der Waals surface area (Å²) >= 11 is 1.87. The lowest BCUT2D eigenvalue weighted by Gasteiger charge is -2.02. The minimum absolute atomic E-state index is 0.962. The van der Waals surface area contributed by atoms with E-state index in [0.717, 1.165) is 6.42 Å². The monoisotopic (exact) mass is 326 g/mol. The van der Waals surface area contributed by atoms with Crippen LogP contribution < -0.4 is 0 Å². The zero-order valence-corrected chi connectivity index (χ0v) is 14.2. The van der Waals surface area contributed by atoms with Crippen molar-refractivity contribution < 1.29 is 0 Å². The Morgan fingerprint density at radius 1 is 0.708 bits per heavy atom. The van der Waals surface area contributed by atoms with Gasteiger partial charge in [0, 0.05) is 20.5 Å². The van der Waals surface area contributed by atoms with Crippen LogP contribution >= 0.6 is 11.3 Å². The van der Waals surface area contributed by atoms with E-state index in [1.807, 2.05) is 11.3 Å². The topological polar surface area (TPSA) is 0 Å². The Morgan fingerprint density at radius 2 is 1.38 bits per heavy atom. The Morgan fingerprint density at radius 3 is 2.17 bits per heavy atom. The van der Waals surface area contributed by atoms with Crippen molar-refractivity contribution in [2.45, 2.75) is 6.42 Å². The molecule has 0 saturated carbocycles. The second kappa shape index (κ2) is 6.86. The summed E-state index contributed by atoms with van der Waals surface area (Å²) in [5, 5.41) is 1.34. The molecular formula is C23H18S. The van der Waals surface area contributed by atoms with Crippen LogP contribution in [0.15, 0.2) is 91.0 Å². The minimum Gasteiger partial charge on any atom is -0.135 e. The highest BCUT2D eigenvalue weighted by Crippen LogP contribution is 2.39. The molecule has 0 spiro atoms.